The maximum Gasteiger partial charge on any atom is 0.416 e. The SMILES string of the molecule is OCC12C=CC(O1)C(C(F)(F)F)=C2C(F)(F)F. The Hall–Kier alpha value is -1.02. The van der Waals surface area contributed by atoms with Crippen molar-refractivity contribution in [2.75, 3.05) is 6.61 Å². The van der Waals surface area contributed by atoms with Crippen molar-refractivity contribution in [3.05, 3.63) is 23.3 Å². The third-order valence-corrected chi connectivity index (χ3v) is 2.68. The molecule has 2 atom stereocenters. The molecule has 0 aromatic carbocycles. The lowest BCUT2D eigenvalue weighted by atomic mass is 9.86. The highest BCUT2D eigenvalue weighted by Gasteiger charge is 2.63. The van der Waals surface area contributed by atoms with E-state index in [2.05, 4.69) is 4.74 Å². The summed E-state index contributed by atoms with van der Waals surface area (Å²) >= 11 is 0. The fourth-order valence-corrected chi connectivity index (χ4v) is 2.08. The van der Waals surface area contributed by atoms with E-state index in [0.717, 1.165) is 12.2 Å². The first-order valence-corrected chi connectivity index (χ1v) is 4.49. The summed E-state index contributed by atoms with van der Waals surface area (Å²) in [7, 11) is 0. The van der Waals surface area contributed by atoms with Crippen molar-refractivity contribution in [3.63, 3.8) is 0 Å². The predicted molar refractivity (Wildman–Crippen MR) is 43.0 cm³/mol. The highest BCUT2D eigenvalue weighted by atomic mass is 19.4. The van der Waals surface area contributed by atoms with Gasteiger partial charge >= 0.3 is 12.4 Å². The van der Waals surface area contributed by atoms with Gasteiger partial charge in [0.2, 0.25) is 0 Å². The van der Waals surface area contributed by atoms with Crippen LogP contribution in [0.3, 0.4) is 0 Å². The molecule has 0 saturated carbocycles. The zero-order chi connectivity index (χ0) is 13.1. The molecule has 96 valence electrons. The third kappa shape index (κ3) is 1.66. The average molecular weight is 260 g/mol. The van der Waals surface area contributed by atoms with Gasteiger partial charge in [0.15, 0.2) is 0 Å². The summed E-state index contributed by atoms with van der Waals surface area (Å²) < 4.78 is 80.2. The number of fused-ring (bicyclic) bond motifs is 2. The molecule has 0 saturated heterocycles. The molecule has 1 N–H and O–H groups in total. The lowest BCUT2D eigenvalue weighted by molar-refractivity contribution is -0.123. The van der Waals surface area contributed by atoms with Crippen LogP contribution in [-0.4, -0.2) is 35.8 Å². The van der Waals surface area contributed by atoms with E-state index in [-0.39, 0.29) is 0 Å². The minimum Gasteiger partial charge on any atom is -0.393 e. The maximum atomic E-state index is 12.6. The molecule has 0 aromatic rings. The quantitative estimate of drug-likeness (QED) is 0.578. The van der Waals surface area contributed by atoms with Gasteiger partial charge in [-0.15, -0.1) is 0 Å². The molecule has 0 fully saturated rings. The summed E-state index contributed by atoms with van der Waals surface area (Å²) in [5.41, 5.74) is -6.04. The standard InChI is InChI=1S/C9H6F6O2/c10-8(11,12)5-4-1-2-7(3-16,17-4)6(5)9(13,14)15/h1-2,4,16H,3H2. The van der Waals surface area contributed by atoms with Crippen molar-refractivity contribution in [2.45, 2.75) is 24.1 Å². The van der Waals surface area contributed by atoms with E-state index in [4.69, 9.17) is 5.11 Å². The smallest absolute Gasteiger partial charge is 0.393 e. The highest BCUT2D eigenvalue weighted by Crippen LogP contribution is 2.53. The molecule has 0 spiro atoms. The van der Waals surface area contributed by atoms with Gasteiger partial charge in [0, 0.05) is 0 Å². The summed E-state index contributed by atoms with van der Waals surface area (Å²) in [6.45, 7) is -1.19. The Morgan fingerprint density at radius 1 is 1.18 bits per heavy atom. The molecule has 2 unspecified atom stereocenters. The van der Waals surface area contributed by atoms with Gasteiger partial charge in [-0.2, -0.15) is 26.3 Å². The number of hydrogen-bond acceptors (Lipinski definition) is 2. The van der Waals surface area contributed by atoms with Gasteiger partial charge in [-0.25, -0.2) is 0 Å². The molecule has 2 nitrogen and oxygen atoms in total. The molecule has 2 heterocycles. The molecule has 0 amide bonds. The van der Waals surface area contributed by atoms with Crippen molar-refractivity contribution in [1.29, 1.82) is 0 Å². The van der Waals surface area contributed by atoms with E-state index in [1.807, 2.05) is 0 Å². The van der Waals surface area contributed by atoms with Crippen LogP contribution in [0.2, 0.25) is 0 Å². The number of rotatable bonds is 1. The Morgan fingerprint density at radius 3 is 2.18 bits per heavy atom. The molecule has 8 heteroatoms. The number of aliphatic hydroxyl groups excluding tert-OH is 1. The van der Waals surface area contributed by atoms with Gasteiger partial charge in [0.1, 0.15) is 11.7 Å². The molecule has 2 aliphatic heterocycles. The van der Waals surface area contributed by atoms with Crippen LogP contribution in [0.1, 0.15) is 0 Å². The molecule has 2 rings (SSSR count). The Balaban J connectivity index is 2.62. The number of ether oxygens (including phenoxy) is 1. The van der Waals surface area contributed by atoms with E-state index < -0.39 is 41.8 Å². The molecular weight excluding hydrogens is 254 g/mol. The molecule has 0 radical (unpaired) electrons. The topological polar surface area (TPSA) is 29.5 Å². The van der Waals surface area contributed by atoms with E-state index in [1.54, 1.807) is 0 Å². The van der Waals surface area contributed by atoms with Crippen LogP contribution in [-0.2, 0) is 4.74 Å². The molecular formula is C9H6F6O2. The summed E-state index contributed by atoms with van der Waals surface area (Å²) in [5, 5.41) is 8.88. The second-order valence-electron chi connectivity index (χ2n) is 3.73. The van der Waals surface area contributed by atoms with Crippen molar-refractivity contribution in [1.82, 2.24) is 0 Å². The van der Waals surface area contributed by atoms with Gasteiger partial charge in [-0.1, -0.05) is 6.08 Å². The van der Waals surface area contributed by atoms with Crippen LogP contribution in [0.4, 0.5) is 26.3 Å². The maximum absolute atomic E-state index is 12.6. The molecule has 17 heavy (non-hydrogen) atoms. The van der Waals surface area contributed by atoms with Crippen LogP contribution >= 0.6 is 0 Å². The predicted octanol–water partition coefficient (Wildman–Crippen LogP) is 2.11. The zero-order valence-corrected chi connectivity index (χ0v) is 8.06. The van der Waals surface area contributed by atoms with Crippen LogP contribution in [0.15, 0.2) is 23.3 Å². The summed E-state index contributed by atoms with van der Waals surface area (Å²) in [6, 6.07) is 0. The van der Waals surface area contributed by atoms with Crippen LogP contribution in [0.25, 0.3) is 0 Å². The lowest BCUT2D eigenvalue weighted by Gasteiger charge is -2.26. The Morgan fingerprint density at radius 2 is 1.76 bits per heavy atom. The molecule has 2 bridgehead atoms. The van der Waals surface area contributed by atoms with Crippen LogP contribution in [0.5, 0.6) is 0 Å². The minimum absolute atomic E-state index is 0.815. The Bertz CT molecular complexity index is 405. The summed E-state index contributed by atoms with van der Waals surface area (Å²) in [6.07, 6.45) is -10.5. The van der Waals surface area contributed by atoms with Gasteiger partial charge in [0.25, 0.3) is 0 Å². The van der Waals surface area contributed by atoms with E-state index >= 15 is 0 Å². The first-order chi connectivity index (χ1) is 7.62. The zero-order valence-electron chi connectivity index (χ0n) is 8.06. The van der Waals surface area contributed by atoms with Gasteiger partial charge < -0.3 is 9.84 Å². The van der Waals surface area contributed by atoms with Gasteiger partial charge in [-0.3, -0.25) is 0 Å². The molecule has 0 aromatic heterocycles. The lowest BCUT2D eigenvalue weighted by Crippen LogP contribution is -2.39. The molecule has 2 aliphatic rings. The third-order valence-electron chi connectivity index (χ3n) is 2.68. The van der Waals surface area contributed by atoms with Crippen molar-refractivity contribution in [2.24, 2.45) is 0 Å². The minimum atomic E-state index is -5.20. The fraction of sp³-hybridized carbons (Fsp3) is 0.556. The Kier molecular flexibility index (Phi) is 2.38. The second kappa shape index (κ2) is 3.26. The second-order valence-corrected chi connectivity index (χ2v) is 3.73. The van der Waals surface area contributed by atoms with E-state index in [9.17, 15) is 26.3 Å². The number of alkyl halides is 6. The number of hydrogen-bond donors (Lipinski definition) is 1. The summed E-state index contributed by atoms with van der Waals surface area (Å²) in [4.78, 5) is 0. The largest absolute Gasteiger partial charge is 0.416 e. The van der Waals surface area contributed by atoms with Gasteiger partial charge in [-0.05, 0) is 6.08 Å². The molecule has 0 aliphatic carbocycles. The van der Waals surface area contributed by atoms with Crippen molar-refractivity contribution in [3.8, 4) is 0 Å². The monoisotopic (exact) mass is 260 g/mol. The van der Waals surface area contributed by atoms with Crippen molar-refractivity contribution >= 4 is 0 Å². The van der Waals surface area contributed by atoms with E-state index in [1.165, 1.54) is 0 Å². The first kappa shape index (κ1) is 12.4. The van der Waals surface area contributed by atoms with Crippen LogP contribution in [0, 0.1) is 0 Å². The average Bonchev–Trinajstić information content (AvgIpc) is 2.70. The fourth-order valence-electron chi connectivity index (χ4n) is 2.08. The first-order valence-electron chi connectivity index (χ1n) is 4.49. The number of aliphatic hydroxyl groups is 1. The normalized spacial score (nSPS) is 32.8. The van der Waals surface area contributed by atoms with Crippen molar-refractivity contribution < 1.29 is 36.2 Å². The van der Waals surface area contributed by atoms with Gasteiger partial charge in [0.05, 0.1) is 17.8 Å². The Labute approximate surface area is 91.2 Å². The van der Waals surface area contributed by atoms with Crippen LogP contribution < -0.4 is 0 Å². The number of halogens is 6. The highest BCUT2D eigenvalue weighted by molar-refractivity contribution is 5.49. The van der Waals surface area contributed by atoms with E-state index in [0.29, 0.717) is 0 Å². The summed E-state index contributed by atoms with van der Waals surface area (Å²) in [5.74, 6) is 0.